The number of nitrogens with zero attached hydrogens (tertiary/aromatic N) is 4. The molecule has 6 nitrogen and oxygen atoms in total. The maximum atomic E-state index is 4.86. The molecule has 1 aliphatic heterocycles. The van der Waals surface area contributed by atoms with E-state index in [1.54, 1.807) is 17.7 Å². The second kappa shape index (κ2) is 5.79. The minimum atomic E-state index is 0.00120. The minimum absolute atomic E-state index is 0.00120. The molecule has 2 atom stereocenters. The van der Waals surface area contributed by atoms with Crippen molar-refractivity contribution in [1.29, 1.82) is 0 Å². The predicted molar refractivity (Wildman–Crippen MR) is 97.5 cm³/mol. The molecular formula is C18H18N6S. The van der Waals surface area contributed by atoms with E-state index in [0.717, 1.165) is 40.5 Å². The molecule has 3 aromatic heterocycles. The molecule has 0 amide bonds. The lowest BCUT2D eigenvalue weighted by molar-refractivity contribution is 0.148. The van der Waals surface area contributed by atoms with E-state index in [-0.39, 0.29) is 12.1 Å². The number of rotatable bonds is 3. The molecule has 2 N–H and O–H groups in total. The van der Waals surface area contributed by atoms with Gasteiger partial charge in [0.25, 0.3) is 0 Å². The number of para-hydroxylation sites is 2. The van der Waals surface area contributed by atoms with E-state index in [1.807, 2.05) is 29.8 Å². The first kappa shape index (κ1) is 14.8. The summed E-state index contributed by atoms with van der Waals surface area (Å²) >= 11 is 1.70. The average Bonchev–Trinajstić information content (AvgIpc) is 3.39. The summed E-state index contributed by atoms with van der Waals surface area (Å²) in [4.78, 5) is 23.2. The van der Waals surface area contributed by atoms with Gasteiger partial charge in [0.2, 0.25) is 0 Å². The predicted octanol–water partition coefficient (Wildman–Crippen LogP) is 3.45. The van der Waals surface area contributed by atoms with Crippen LogP contribution in [-0.4, -0.2) is 36.4 Å². The number of H-pyrrole nitrogens is 2. The summed E-state index contributed by atoms with van der Waals surface area (Å²) < 4.78 is 0. The van der Waals surface area contributed by atoms with Crippen molar-refractivity contribution in [3.8, 4) is 0 Å². The van der Waals surface area contributed by atoms with Crippen LogP contribution < -0.4 is 0 Å². The Morgan fingerprint density at radius 3 is 3.04 bits per heavy atom. The topological polar surface area (TPSA) is 73.5 Å². The second-order valence-electron chi connectivity index (χ2n) is 6.34. The fourth-order valence-electron chi connectivity index (χ4n) is 3.68. The molecule has 0 spiro atoms. The number of fused-ring (bicyclic) bond motifs is 2. The summed E-state index contributed by atoms with van der Waals surface area (Å²) in [7, 11) is 0. The van der Waals surface area contributed by atoms with E-state index < -0.39 is 0 Å². The zero-order chi connectivity index (χ0) is 16.8. The molecule has 0 aliphatic carbocycles. The summed E-state index contributed by atoms with van der Waals surface area (Å²) in [5.41, 5.74) is 4.31. The van der Waals surface area contributed by atoms with Crippen LogP contribution in [-0.2, 0) is 6.42 Å². The van der Waals surface area contributed by atoms with Crippen molar-refractivity contribution in [2.75, 3.05) is 6.54 Å². The zero-order valence-corrected chi connectivity index (χ0v) is 14.6. The quantitative estimate of drug-likeness (QED) is 0.593. The summed E-state index contributed by atoms with van der Waals surface area (Å²) in [5.74, 6) is 0.942. The van der Waals surface area contributed by atoms with Crippen LogP contribution >= 0.6 is 11.3 Å². The van der Waals surface area contributed by atoms with Gasteiger partial charge in [-0.1, -0.05) is 12.1 Å². The van der Waals surface area contributed by atoms with Crippen LogP contribution in [0.3, 0.4) is 0 Å². The maximum absolute atomic E-state index is 4.86. The Bertz CT molecular complexity index is 969. The number of hydrogen-bond donors (Lipinski definition) is 2. The van der Waals surface area contributed by atoms with Gasteiger partial charge in [-0.2, -0.15) is 0 Å². The normalized spacial score (nSPS) is 19.2. The Kier molecular flexibility index (Phi) is 3.43. The first-order valence-corrected chi connectivity index (χ1v) is 9.31. The third kappa shape index (κ3) is 2.39. The molecule has 0 bridgehead atoms. The van der Waals surface area contributed by atoms with Gasteiger partial charge >= 0.3 is 0 Å². The van der Waals surface area contributed by atoms with Crippen LogP contribution in [0.15, 0.2) is 42.2 Å². The van der Waals surface area contributed by atoms with Crippen molar-refractivity contribution >= 4 is 22.4 Å². The van der Waals surface area contributed by atoms with E-state index in [9.17, 15) is 0 Å². The van der Waals surface area contributed by atoms with Gasteiger partial charge in [0.05, 0.1) is 29.1 Å². The lowest BCUT2D eigenvalue weighted by Crippen LogP contribution is -2.38. The van der Waals surface area contributed by atoms with Crippen molar-refractivity contribution in [2.24, 2.45) is 0 Å². The summed E-state index contributed by atoms with van der Waals surface area (Å²) in [6, 6.07) is 8.36. The number of thiazole rings is 1. The second-order valence-corrected chi connectivity index (χ2v) is 7.27. The molecule has 5 rings (SSSR count). The summed E-state index contributed by atoms with van der Waals surface area (Å²) in [5, 5.41) is 3.16. The highest BCUT2D eigenvalue weighted by atomic mass is 32.1. The largest absolute Gasteiger partial charge is 0.348 e. The van der Waals surface area contributed by atoms with Crippen LogP contribution in [0.4, 0.5) is 0 Å². The Morgan fingerprint density at radius 1 is 1.28 bits per heavy atom. The Morgan fingerprint density at radius 2 is 2.20 bits per heavy atom. The van der Waals surface area contributed by atoms with Crippen molar-refractivity contribution in [3.05, 3.63) is 64.4 Å². The number of aromatic amines is 2. The number of benzene rings is 1. The highest BCUT2D eigenvalue weighted by Gasteiger charge is 2.36. The molecule has 4 heterocycles. The fourth-order valence-corrected chi connectivity index (χ4v) is 4.40. The van der Waals surface area contributed by atoms with Crippen LogP contribution in [0.2, 0.25) is 0 Å². The van der Waals surface area contributed by atoms with Crippen LogP contribution in [0.25, 0.3) is 11.0 Å². The van der Waals surface area contributed by atoms with Crippen molar-refractivity contribution in [1.82, 2.24) is 29.8 Å². The monoisotopic (exact) mass is 350 g/mol. The van der Waals surface area contributed by atoms with E-state index in [4.69, 9.17) is 4.98 Å². The molecule has 7 heteroatoms. The Hall–Kier alpha value is -2.51. The molecule has 1 aliphatic rings. The third-order valence-electron chi connectivity index (χ3n) is 4.94. The van der Waals surface area contributed by atoms with Gasteiger partial charge in [0.1, 0.15) is 16.9 Å². The molecule has 0 fully saturated rings. The lowest BCUT2D eigenvalue weighted by Gasteiger charge is -2.37. The van der Waals surface area contributed by atoms with Gasteiger partial charge in [-0.05, 0) is 19.1 Å². The van der Waals surface area contributed by atoms with E-state index in [1.165, 1.54) is 5.69 Å². The van der Waals surface area contributed by atoms with Gasteiger partial charge in [-0.3, -0.25) is 4.90 Å². The van der Waals surface area contributed by atoms with Crippen molar-refractivity contribution < 1.29 is 0 Å². The summed E-state index contributed by atoms with van der Waals surface area (Å²) in [6.07, 6.45) is 4.62. The highest BCUT2D eigenvalue weighted by molar-refractivity contribution is 7.09. The smallest absolute Gasteiger partial charge is 0.131 e. The van der Waals surface area contributed by atoms with Crippen molar-refractivity contribution in [3.63, 3.8) is 0 Å². The minimum Gasteiger partial charge on any atom is -0.348 e. The molecule has 25 heavy (non-hydrogen) atoms. The van der Waals surface area contributed by atoms with Gasteiger partial charge in [0, 0.05) is 30.2 Å². The number of aromatic nitrogens is 5. The molecule has 1 unspecified atom stereocenters. The van der Waals surface area contributed by atoms with E-state index >= 15 is 0 Å². The molecule has 0 saturated heterocycles. The van der Waals surface area contributed by atoms with Gasteiger partial charge < -0.3 is 9.97 Å². The van der Waals surface area contributed by atoms with Crippen molar-refractivity contribution in [2.45, 2.75) is 25.4 Å². The van der Waals surface area contributed by atoms with Crippen LogP contribution in [0, 0.1) is 0 Å². The van der Waals surface area contributed by atoms with Gasteiger partial charge in [-0.25, -0.2) is 15.0 Å². The molecular weight excluding hydrogens is 332 g/mol. The summed E-state index contributed by atoms with van der Waals surface area (Å²) in [6.45, 7) is 3.16. The first-order chi connectivity index (χ1) is 12.3. The van der Waals surface area contributed by atoms with E-state index in [0.29, 0.717) is 0 Å². The Balaban J connectivity index is 1.63. The lowest BCUT2D eigenvalue weighted by atomic mass is 10.00. The van der Waals surface area contributed by atoms with Gasteiger partial charge in [0.15, 0.2) is 0 Å². The Labute approximate surface area is 149 Å². The number of imidazole rings is 2. The van der Waals surface area contributed by atoms with Crippen LogP contribution in [0.1, 0.15) is 41.2 Å². The average molecular weight is 350 g/mol. The molecule has 1 aromatic carbocycles. The number of hydrogen-bond acceptors (Lipinski definition) is 5. The standard InChI is InChI=1S/C18H18N6S/c1-11(18-19-7-9-25-18)24-8-6-14-15(21-10-20-14)16(24)17-22-12-4-2-3-5-13(12)23-17/h2-5,7,9-11,16H,6,8H2,1H3,(H,20,21)(H,22,23)/t11?,16-/m0/s1. The molecule has 0 radical (unpaired) electrons. The number of nitrogens with one attached hydrogen (secondary N) is 2. The van der Waals surface area contributed by atoms with Gasteiger partial charge in [-0.15, -0.1) is 11.3 Å². The zero-order valence-electron chi connectivity index (χ0n) is 13.8. The maximum Gasteiger partial charge on any atom is 0.131 e. The first-order valence-electron chi connectivity index (χ1n) is 8.43. The highest BCUT2D eigenvalue weighted by Crippen LogP contribution is 2.38. The third-order valence-corrected chi connectivity index (χ3v) is 5.88. The van der Waals surface area contributed by atoms with Crippen LogP contribution in [0.5, 0.6) is 0 Å². The molecule has 4 aromatic rings. The van der Waals surface area contributed by atoms with E-state index in [2.05, 4.69) is 37.8 Å². The molecule has 0 saturated carbocycles. The molecule has 126 valence electrons. The SMILES string of the molecule is CC(c1nccs1)N1CCc2[nH]cnc2[C@H]1c1nc2ccccc2[nH]1. The fraction of sp³-hybridized carbons (Fsp3) is 0.278.